The average molecular weight is 744 g/mol. The number of hydrogen-bond acceptors (Lipinski definition) is 2. The molecule has 3 nitrogen and oxygen atoms in total. The van der Waals surface area contributed by atoms with Gasteiger partial charge in [0.15, 0.2) is 0 Å². The summed E-state index contributed by atoms with van der Waals surface area (Å²) in [4.78, 5) is 5.16. The summed E-state index contributed by atoms with van der Waals surface area (Å²) in [6, 6.07) is 72.3. The Kier molecular flexibility index (Phi) is 7.10. The van der Waals surface area contributed by atoms with E-state index in [1.165, 1.54) is 69.5 Å². The summed E-state index contributed by atoms with van der Waals surface area (Å²) in [6.07, 6.45) is 0. The molecule has 0 aliphatic heterocycles. The van der Waals surface area contributed by atoms with Crippen LogP contribution in [0.2, 0.25) is 0 Å². The van der Waals surface area contributed by atoms with E-state index in [0.29, 0.717) is 0 Å². The topological polar surface area (TPSA) is 22.8 Å². The van der Waals surface area contributed by atoms with E-state index in [4.69, 9.17) is 4.98 Å². The number of pyridine rings is 1. The van der Waals surface area contributed by atoms with Gasteiger partial charge in [-0.3, -0.25) is 0 Å². The first-order valence-corrected chi connectivity index (χ1v) is 20.2. The molecule has 0 bridgehead atoms. The van der Waals surface area contributed by atoms with Gasteiger partial charge in [-0.15, -0.1) is 11.3 Å². The predicted molar refractivity (Wildman–Crippen MR) is 242 cm³/mol. The van der Waals surface area contributed by atoms with E-state index in [0.717, 1.165) is 39.3 Å². The summed E-state index contributed by atoms with van der Waals surface area (Å²) < 4.78 is 7.52. The van der Waals surface area contributed by atoms with Gasteiger partial charge in [0.05, 0.1) is 33.5 Å². The van der Waals surface area contributed by atoms with E-state index < -0.39 is 0 Å². The number of nitrogens with zero attached hydrogens (tertiary/aromatic N) is 3. The third kappa shape index (κ3) is 4.94. The van der Waals surface area contributed by atoms with Gasteiger partial charge in [0.1, 0.15) is 0 Å². The van der Waals surface area contributed by atoms with Crippen molar-refractivity contribution in [3.63, 3.8) is 0 Å². The molecule has 0 saturated heterocycles. The maximum atomic E-state index is 5.16. The maximum absolute atomic E-state index is 5.16. The molecule has 0 atom stereocenters. The van der Waals surface area contributed by atoms with Gasteiger partial charge in [-0.05, 0) is 71.8 Å². The molecule has 0 amide bonds. The molecule has 0 saturated carbocycles. The van der Waals surface area contributed by atoms with Crippen molar-refractivity contribution in [2.24, 2.45) is 0 Å². The zero-order valence-electron chi connectivity index (χ0n) is 30.8. The molecule has 266 valence electrons. The van der Waals surface area contributed by atoms with Crippen molar-refractivity contribution >= 4 is 75.1 Å². The molecule has 0 aliphatic rings. The van der Waals surface area contributed by atoms with Crippen molar-refractivity contribution in [1.82, 2.24) is 14.1 Å². The fourth-order valence-corrected chi connectivity index (χ4v) is 10.2. The molecule has 0 N–H and O–H groups in total. The van der Waals surface area contributed by atoms with Crippen molar-refractivity contribution in [2.75, 3.05) is 0 Å². The Morgan fingerprint density at radius 3 is 1.65 bits per heavy atom. The average Bonchev–Trinajstić information content (AvgIpc) is 3.95. The van der Waals surface area contributed by atoms with E-state index in [9.17, 15) is 0 Å². The lowest BCUT2D eigenvalue weighted by atomic mass is 9.99. The summed E-state index contributed by atoms with van der Waals surface area (Å²) >= 11 is 1.91. The molecule has 0 aliphatic carbocycles. The van der Waals surface area contributed by atoms with Crippen LogP contribution in [0.25, 0.3) is 109 Å². The largest absolute Gasteiger partial charge is 0.309 e. The van der Waals surface area contributed by atoms with Crippen LogP contribution in [-0.2, 0) is 0 Å². The quantitative estimate of drug-likeness (QED) is 0.172. The van der Waals surface area contributed by atoms with Crippen molar-refractivity contribution in [1.29, 1.82) is 0 Å². The second-order valence-corrected chi connectivity index (χ2v) is 15.8. The number of aromatic nitrogens is 3. The van der Waals surface area contributed by atoms with Crippen LogP contribution in [0.3, 0.4) is 0 Å². The maximum Gasteiger partial charge on any atom is 0.0715 e. The highest BCUT2D eigenvalue weighted by Gasteiger charge is 2.22. The molecular formula is C53H33N3S. The minimum atomic E-state index is 0.959. The van der Waals surface area contributed by atoms with Crippen LogP contribution in [-0.4, -0.2) is 14.1 Å². The van der Waals surface area contributed by atoms with E-state index in [1.807, 2.05) is 11.3 Å². The monoisotopic (exact) mass is 743 g/mol. The van der Waals surface area contributed by atoms with Gasteiger partial charge in [0, 0.05) is 64.2 Å². The van der Waals surface area contributed by atoms with Crippen molar-refractivity contribution in [3.8, 4) is 45.0 Å². The molecule has 4 heterocycles. The Bertz CT molecular complexity index is 3440. The summed E-state index contributed by atoms with van der Waals surface area (Å²) in [5.41, 5.74) is 13.6. The molecule has 8 aromatic carbocycles. The summed E-state index contributed by atoms with van der Waals surface area (Å²) in [7, 11) is 0. The SMILES string of the molecule is c1ccc(-c2cc(-c3cccc(-n4c5ccccc5c5ccc6sc7c(ccc8c7c7ccccc7n8-c7ccccc7)c6c54)c3)cc(-c3ccccc3)n2)cc1. The van der Waals surface area contributed by atoms with Crippen LogP contribution >= 0.6 is 11.3 Å². The first-order valence-electron chi connectivity index (χ1n) is 19.4. The Hall–Kier alpha value is -7.27. The third-order valence-electron chi connectivity index (χ3n) is 11.5. The minimum absolute atomic E-state index is 0.959. The Labute approximate surface area is 333 Å². The van der Waals surface area contributed by atoms with Gasteiger partial charge >= 0.3 is 0 Å². The van der Waals surface area contributed by atoms with E-state index in [2.05, 4.69) is 209 Å². The number of fused-ring (bicyclic) bond motifs is 11. The van der Waals surface area contributed by atoms with Crippen LogP contribution in [0.4, 0.5) is 0 Å². The first kappa shape index (κ1) is 32.0. The van der Waals surface area contributed by atoms with Crippen molar-refractivity contribution in [2.45, 2.75) is 0 Å². The number of hydrogen-bond donors (Lipinski definition) is 0. The Balaban J connectivity index is 1.12. The fraction of sp³-hybridized carbons (Fsp3) is 0. The molecule has 0 radical (unpaired) electrons. The highest BCUT2D eigenvalue weighted by atomic mass is 32.1. The fourth-order valence-electron chi connectivity index (χ4n) is 8.98. The van der Waals surface area contributed by atoms with Gasteiger partial charge in [-0.2, -0.15) is 0 Å². The van der Waals surface area contributed by atoms with Crippen molar-refractivity contribution in [3.05, 3.63) is 200 Å². The van der Waals surface area contributed by atoms with Crippen LogP contribution in [0.5, 0.6) is 0 Å². The molecule has 4 aromatic heterocycles. The Morgan fingerprint density at radius 2 is 0.930 bits per heavy atom. The zero-order valence-corrected chi connectivity index (χ0v) is 31.6. The lowest BCUT2D eigenvalue weighted by molar-refractivity contribution is 1.18. The highest BCUT2D eigenvalue weighted by Crippen LogP contribution is 2.47. The second-order valence-electron chi connectivity index (χ2n) is 14.7. The zero-order chi connectivity index (χ0) is 37.5. The number of rotatable bonds is 5. The number of benzene rings is 8. The molecule has 57 heavy (non-hydrogen) atoms. The summed E-state index contributed by atoms with van der Waals surface area (Å²) in [5.74, 6) is 0. The third-order valence-corrected chi connectivity index (χ3v) is 12.7. The molecule has 0 fully saturated rings. The van der Waals surface area contributed by atoms with Crippen LogP contribution in [0, 0.1) is 0 Å². The van der Waals surface area contributed by atoms with E-state index in [1.54, 1.807) is 0 Å². The molecule has 12 aromatic rings. The molecule has 0 spiro atoms. The van der Waals surface area contributed by atoms with Crippen LogP contribution in [0.15, 0.2) is 200 Å². The lowest BCUT2D eigenvalue weighted by Gasteiger charge is -2.13. The summed E-state index contributed by atoms with van der Waals surface area (Å²) in [6.45, 7) is 0. The van der Waals surface area contributed by atoms with E-state index in [-0.39, 0.29) is 0 Å². The number of thiophene rings is 1. The Morgan fingerprint density at radius 1 is 0.351 bits per heavy atom. The summed E-state index contributed by atoms with van der Waals surface area (Å²) in [5, 5.41) is 7.69. The van der Waals surface area contributed by atoms with Crippen molar-refractivity contribution < 1.29 is 0 Å². The normalized spacial score (nSPS) is 11.9. The smallest absolute Gasteiger partial charge is 0.0715 e. The molecule has 4 heteroatoms. The van der Waals surface area contributed by atoms with Gasteiger partial charge in [0.2, 0.25) is 0 Å². The standard InChI is InChI=1S/C53H33N3S/c1-4-15-34(16-5-1)44-32-37(33-45(54-44)35-17-6-2-7-18-35)36-19-14-22-39(31-36)56-46-25-12-10-23-40(46)41-28-30-49-51(52(41)56)43-27-29-48-50(53(43)57-49)42-24-11-13-26-47(42)55(48)38-20-8-3-9-21-38/h1-33H. The van der Waals surface area contributed by atoms with Gasteiger partial charge in [-0.25, -0.2) is 4.98 Å². The van der Waals surface area contributed by atoms with E-state index >= 15 is 0 Å². The molecule has 0 unspecified atom stereocenters. The lowest BCUT2D eigenvalue weighted by Crippen LogP contribution is -1.96. The van der Waals surface area contributed by atoms with Gasteiger partial charge < -0.3 is 9.13 Å². The van der Waals surface area contributed by atoms with Crippen LogP contribution < -0.4 is 0 Å². The first-order chi connectivity index (χ1) is 28.3. The number of para-hydroxylation sites is 3. The highest BCUT2D eigenvalue weighted by molar-refractivity contribution is 7.27. The van der Waals surface area contributed by atoms with Crippen LogP contribution in [0.1, 0.15) is 0 Å². The van der Waals surface area contributed by atoms with Gasteiger partial charge in [0.25, 0.3) is 0 Å². The van der Waals surface area contributed by atoms with Gasteiger partial charge in [-0.1, -0.05) is 140 Å². The predicted octanol–water partition coefficient (Wildman–Crippen LogP) is 14.6. The molecular weight excluding hydrogens is 711 g/mol. The molecule has 12 rings (SSSR count). The minimum Gasteiger partial charge on any atom is -0.309 e. The second kappa shape index (κ2) is 12.6.